The third-order valence-corrected chi connectivity index (χ3v) is 5.31. The Kier molecular flexibility index (Phi) is 3.11. The number of para-hydroxylation sites is 1. The minimum atomic E-state index is 0.505. The van der Waals surface area contributed by atoms with Crippen molar-refractivity contribution in [2.45, 2.75) is 12.5 Å². The predicted octanol–water partition coefficient (Wildman–Crippen LogP) is 2.74. The second kappa shape index (κ2) is 5.44. The highest BCUT2D eigenvalue weighted by Gasteiger charge is 2.42. The van der Waals surface area contributed by atoms with Gasteiger partial charge in [0, 0.05) is 37.1 Å². The number of hydrogen-bond donors (Lipinski definition) is 0. The van der Waals surface area contributed by atoms with Crippen LogP contribution in [0.2, 0.25) is 0 Å². The highest BCUT2D eigenvalue weighted by atomic mass is 15.3. The molecule has 120 valence electrons. The second-order valence-electron chi connectivity index (χ2n) is 6.62. The van der Waals surface area contributed by atoms with Gasteiger partial charge in [-0.2, -0.15) is 0 Å². The molecular weight excluding hydrogens is 298 g/mol. The summed E-state index contributed by atoms with van der Waals surface area (Å²) in [6.45, 7) is 3.17. The van der Waals surface area contributed by atoms with Gasteiger partial charge in [-0.25, -0.2) is 15.0 Å². The summed E-state index contributed by atoms with van der Waals surface area (Å²) in [5, 5.41) is 1.15. The number of benzene rings is 1. The van der Waals surface area contributed by atoms with E-state index in [1.165, 1.54) is 6.42 Å². The van der Waals surface area contributed by atoms with Crippen molar-refractivity contribution in [2.24, 2.45) is 5.92 Å². The molecule has 1 aromatic carbocycles. The number of aromatic nitrogens is 3. The molecule has 0 spiro atoms. The van der Waals surface area contributed by atoms with E-state index < -0.39 is 0 Å². The van der Waals surface area contributed by atoms with Crippen molar-refractivity contribution < 1.29 is 0 Å². The molecule has 5 rings (SSSR count). The van der Waals surface area contributed by atoms with Crippen molar-refractivity contribution in [3.63, 3.8) is 0 Å². The van der Waals surface area contributed by atoms with Crippen LogP contribution >= 0.6 is 0 Å². The van der Waals surface area contributed by atoms with Gasteiger partial charge in [0.05, 0.1) is 11.6 Å². The Hall–Kier alpha value is -2.69. The SMILES string of the molecule is c1ccc(N2CC3CCN(c4ncnc5ccccc45)C3C2)nc1. The summed E-state index contributed by atoms with van der Waals surface area (Å²) in [4.78, 5) is 18.4. The first-order chi connectivity index (χ1) is 11.9. The third kappa shape index (κ3) is 2.12. The fourth-order valence-electron chi connectivity index (χ4n) is 4.17. The van der Waals surface area contributed by atoms with Gasteiger partial charge in [-0.15, -0.1) is 0 Å². The van der Waals surface area contributed by atoms with Crippen LogP contribution in [0.15, 0.2) is 55.0 Å². The topological polar surface area (TPSA) is 45.2 Å². The van der Waals surface area contributed by atoms with E-state index in [0.29, 0.717) is 12.0 Å². The van der Waals surface area contributed by atoms with Crippen LogP contribution in [0.4, 0.5) is 11.6 Å². The van der Waals surface area contributed by atoms with Gasteiger partial charge < -0.3 is 9.80 Å². The van der Waals surface area contributed by atoms with Crippen LogP contribution in [0.25, 0.3) is 10.9 Å². The number of hydrogen-bond acceptors (Lipinski definition) is 5. The van der Waals surface area contributed by atoms with Crippen molar-refractivity contribution in [2.75, 3.05) is 29.4 Å². The van der Waals surface area contributed by atoms with Crippen molar-refractivity contribution in [1.82, 2.24) is 15.0 Å². The van der Waals surface area contributed by atoms with E-state index in [-0.39, 0.29) is 0 Å². The molecular formula is C19H19N5. The van der Waals surface area contributed by atoms with E-state index in [4.69, 9.17) is 0 Å². The minimum absolute atomic E-state index is 0.505. The molecule has 0 saturated carbocycles. The fraction of sp³-hybridized carbons (Fsp3) is 0.316. The number of pyridine rings is 1. The molecule has 3 aromatic rings. The summed E-state index contributed by atoms with van der Waals surface area (Å²) < 4.78 is 0. The maximum Gasteiger partial charge on any atom is 0.140 e. The van der Waals surface area contributed by atoms with Crippen LogP contribution in [-0.2, 0) is 0 Å². The Labute approximate surface area is 141 Å². The highest BCUT2D eigenvalue weighted by Crippen LogP contribution is 2.37. The van der Waals surface area contributed by atoms with Gasteiger partial charge in [0.1, 0.15) is 18.0 Å². The summed E-state index contributed by atoms with van der Waals surface area (Å²) in [5.74, 6) is 2.84. The van der Waals surface area contributed by atoms with Crippen LogP contribution in [0, 0.1) is 5.92 Å². The number of rotatable bonds is 2. The number of nitrogens with zero attached hydrogens (tertiary/aromatic N) is 5. The van der Waals surface area contributed by atoms with Gasteiger partial charge in [-0.1, -0.05) is 18.2 Å². The van der Waals surface area contributed by atoms with Gasteiger partial charge in [0.2, 0.25) is 0 Å². The minimum Gasteiger partial charge on any atom is -0.354 e. The van der Waals surface area contributed by atoms with Gasteiger partial charge in [-0.05, 0) is 30.7 Å². The maximum absolute atomic E-state index is 4.63. The summed E-state index contributed by atoms with van der Waals surface area (Å²) in [5.41, 5.74) is 1.02. The van der Waals surface area contributed by atoms with Crippen molar-refractivity contribution in [3.05, 3.63) is 55.0 Å². The Morgan fingerprint density at radius 3 is 2.75 bits per heavy atom. The Morgan fingerprint density at radius 2 is 1.83 bits per heavy atom. The van der Waals surface area contributed by atoms with Crippen molar-refractivity contribution in [1.29, 1.82) is 0 Å². The van der Waals surface area contributed by atoms with E-state index in [9.17, 15) is 0 Å². The zero-order chi connectivity index (χ0) is 15.9. The molecule has 0 amide bonds. The molecule has 0 aliphatic carbocycles. The Morgan fingerprint density at radius 1 is 0.917 bits per heavy atom. The first-order valence-corrected chi connectivity index (χ1v) is 8.52. The summed E-state index contributed by atoms with van der Waals surface area (Å²) in [7, 11) is 0. The zero-order valence-corrected chi connectivity index (χ0v) is 13.4. The van der Waals surface area contributed by atoms with Crippen LogP contribution in [-0.4, -0.2) is 40.6 Å². The van der Waals surface area contributed by atoms with E-state index in [2.05, 4.69) is 55.1 Å². The summed E-state index contributed by atoms with van der Waals surface area (Å²) in [6.07, 6.45) is 4.78. The van der Waals surface area contributed by atoms with Crippen molar-refractivity contribution >= 4 is 22.5 Å². The standard InChI is InChI=1S/C19H19N5/c1-2-6-16-15(5-1)19(22-13-21-16)24-10-8-14-11-23(12-17(14)24)18-7-3-4-9-20-18/h1-7,9,13-14,17H,8,10-12H2. The Bertz CT molecular complexity index is 861. The molecule has 24 heavy (non-hydrogen) atoms. The summed E-state index contributed by atoms with van der Waals surface area (Å²) >= 11 is 0. The van der Waals surface area contributed by atoms with Crippen LogP contribution in [0.3, 0.4) is 0 Å². The molecule has 2 saturated heterocycles. The van der Waals surface area contributed by atoms with E-state index in [1.807, 2.05) is 18.3 Å². The lowest BCUT2D eigenvalue weighted by Gasteiger charge is -2.27. The molecule has 2 aliphatic rings. The monoisotopic (exact) mass is 317 g/mol. The molecule has 5 heteroatoms. The fourth-order valence-corrected chi connectivity index (χ4v) is 4.17. The lowest BCUT2D eigenvalue weighted by Crippen LogP contribution is -2.36. The number of fused-ring (bicyclic) bond motifs is 2. The molecule has 4 heterocycles. The first-order valence-electron chi connectivity index (χ1n) is 8.52. The lowest BCUT2D eigenvalue weighted by atomic mass is 10.1. The largest absolute Gasteiger partial charge is 0.354 e. The molecule has 2 aliphatic heterocycles. The van der Waals surface area contributed by atoms with E-state index >= 15 is 0 Å². The first kappa shape index (κ1) is 13.7. The van der Waals surface area contributed by atoms with E-state index in [1.54, 1.807) is 6.33 Å². The summed E-state index contributed by atoms with van der Waals surface area (Å²) in [6, 6.07) is 14.9. The molecule has 5 nitrogen and oxygen atoms in total. The molecule has 2 fully saturated rings. The van der Waals surface area contributed by atoms with Gasteiger partial charge in [0.25, 0.3) is 0 Å². The zero-order valence-electron chi connectivity index (χ0n) is 13.4. The van der Waals surface area contributed by atoms with E-state index in [0.717, 1.165) is 42.2 Å². The average Bonchev–Trinajstić information content (AvgIpc) is 3.23. The van der Waals surface area contributed by atoms with Crippen LogP contribution < -0.4 is 9.80 Å². The molecule has 0 radical (unpaired) electrons. The smallest absolute Gasteiger partial charge is 0.140 e. The molecule has 0 bridgehead atoms. The van der Waals surface area contributed by atoms with Crippen LogP contribution in [0.5, 0.6) is 0 Å². The highest BCUT2D eigenvalue weighted by molar-refractivity contribution is 5.89. The average molecular weight is 317 g/mol. The molecule has 2 atom stereocenters. The maximum atomic E-state index is 4.63. The molecule has 2 aromatic heterocycles. The van der Waals surface area contributed by atoms with Crippen molar-refractivity contribution in [3.8, 4) is 0 Å². The molecule has 2 unspecified atom stereocenters. The third-order valence-electron chi connectivity index (χ3n) is 5.31. The van der Waals surface area contributed by atoms with Gasteiger partial charge >= 0.3 is 0 Å². The lowest BCUT2D eigenvalue weighted by molar-refractivity contribution is 0.580. The number of anilines is 2. The predicted molar refractivity (Wildman–Crippen MR) is 95.2 cm³/mol. The quantitative estimate of drug-likeness (QED) is 0.727. The van der Waals surface area contributed by atoms with Crippen LogP contribution in [0.1, 0.15) is 6.42 Å². The molecule has 0 N–H and O–H groups in total. The van der Waals surface area contributed by atoms with Gasteiger partial charge in [-0.3, -0.25) is 0 Å². The second-order valence-corrected chi connectivity index (χ2v) is 6.62. The normalized spacial score (nSPS) is 23.0. The Balaban J connectivity index is 1.48. The van der Waals surface area contributed by atoms with Gasteiger partial charge in [0.15, 0.2) is 0 Å².